The lowest BCUT2D eigenvalue weighted by molar-refractivity contribution is 0.451. The van der Waals surface area contributed by atoms with Crippen LogP contribution in [0.1, 0.15) is 30.3 Å². The van der Waals surface area contributed by atoms with Crippen LogP contribution < -0.4 is 5.32 Å². The molecule has 1 atom stereocenters. The maximum Gasteiger partial charge on any atom is 0.238 e. The van der Waals surface area contributed by atoms with Crippen molar-refractivity contribution < 1.29 is 4.42 Å². The molecule has 0 spiro atoms. The van der Waals surface area contributed by atoms with Crippen molar-refractivity contribution in [1.29, 1.82) is 0 Å². The van der Waals surface area contributed by atoms with Gasteiger partial charge in [-0.3, -0.25) is 0 Å². The molecule has 17 heavy (non-hydrogen) atoms. The fourth-order valence-electron chi connectivity index (χ4n) is 1.48. The number of halogens is 1. The Bertz CT molecular complexity index is 524. The van der Waals surface area contributed by atoms with Crippen LogP contribution in [-0.2, 0) is 0 Å². The summed E-state index contributed by atoms with van der Waals surface area (Å²) in [6.45, 7) is 5.88. The molecule has 0 aliphatic heterocycles. The lowest BCUT2D eigenvalue weighted by Gasteiger charge is -2.12. The SMILES string of the molecule is Cc1nnc(C(C)Nc2ccc(C)c(I)c2)o1. The van der Waals surface area contributed by atoms with Gasteiger partial charge in [-0.15, -0.1) is 10.2 Å². The summed E-state index contributed by atoms with van der Waals surface area (Å²) in [6.07, 6.45) is 0. The third-order valence-corrected chi connectivity index (χ3v) is 3.63. The first kappa shape index (κ1) is 12.3. The Morgan fingerprint density at radius 3 is 2.65 bits per heavy atom. The van der Waals surface area contributed by atoms with Gasteiger partial charge < -0.3 is 9.73 Å². The second-order valence-corrected chi connectivity index (χ2v) is 5.15. The Kier molecular flexibility index (Phi) is 3.66. The summed E-state index contributed by atoms with van der Waals surface area (Å²) in [7, 11) is 0. The molecule has 0 saturated heterocycles. The Morgan fingerprint density at radius 2 is 2.06 bits per heavy atom. The van der Waals surface area contributed by atoms with Crippen LogP contribution in [0.25, 0.3) is 0 Å². The van der Waals surface area contributed by atoms with Crippen molar-refractivity contribution in [3.05, 3.63) is 39.1 Å². The van der Waals surface area contributed by atoms with Crippen molar-refractivity contribution in [2.75, 3.05) is 5.32 Å². The molecular weight excluding hydrogens is 329 g/mol. The molecule has 1 aromatic carbocycles. The molecule has 1 heterocycles. The monoisotopic (exact) mass is 343 g/mol. The highest BCUT2D eigenvalue weighted by Gasteiger charge is 2.12. The van der Waals surface area contributed by atoms with Crippen molar-refractivity contribution in [2.24, 2.45) is 0 Å². The lowest BCUT2D eigenvalue weighted by atomic mass is 10.2. The molecule has 90 valence electrons. The number of nitrogens with zero attached hydrogens (tertiary/aromatic N) is 2. The number of aromatic nitrogens is 2. The summed E-state index contributed by atoms with van der Waals surface area (Å²) in [6, 6.07) is 6.26. The maximum atomic E-state index is 5.38. The first-order valence-electron chi connectivity index (χ1n) is 5.39. The fraction of sp³-hybridized carbons (Fsp3) is 0.333. The summed E-state index contributed by atoms with van der Waals surface area (Å²) in [5.74, 6) is 1.20. The number of hydrogen-bond acceptors (Lipinski definition) is 4. The van der Waals surface area contributed by atoms with Crippen LogP contribution in [0.15, 0.2) is 22.6 Å². The summed E-state index contributed by atoms with van der Waals surface area (Å²) < 4.78 is 6.62. The molecule has 0 saturated carbocycles. The van der Waals surface area contributed by atoms with E-state index in [4.69, 9.17) is 4.42 Å². The average Bonchev–Trinajstić information content (AvgIpc) is 2.70. The van der Waals surface area contributed by atoms with Crippen LogP contribution in [0, 0.1) is 17.4 Å². The van der Waals surface area contributed by atoms with Crippen LogP contribution in [0.2, 0.25) is 0 Å². The number of nitrogens with one attached hydrogen (secondary N) is 1. The molecule has 0 amide bonds. The number of anilines is 1. The van der Waals surface area contributed by atoms with Crippen LogP contribution in [0.3, 0.4) is 0 Å². The molecule has 1 unspecified atom stereocenters. The van der Waals surface area contributed by atoms with Gasteiger partial charge in [-0.25, -0.2) is 0 Å². The molecule has 4 nitrogen and oxygen atoms in total. The van der Waals surface area contributed by atoms with Gasteiger partial charge in [0, 0.05) is 16.2 Å². The standard InChI is InChI=1S/C12H14IN3O/c1-7-4-5-10(6-11(7)13)14-8(2)12-16-15-9(3)17-12/h4-6,8,14H,1-3H3. The van der Waals surface area contributed by atoms with Gasteiger partial charge >= 0.3 is 0 Å². The van der Waals surface area contributed by atoms with Gasteiger partial charge in [0.05, 0.1) is 0 Å². The van der Waals surface area contributed by atoms with Crippen LogP contribution in [0.5, 0.6) is 0 Å². The second-order valence-electron chi connectivity index (χ2n) is 3.99. The predicted octanol–water partition coefficient (Wildman–Crippen LogP) is 3.46. The van der Waals surface area contributed by atoms with E-state index in [0.717, 1.165) is 5.69 Å². The largest absolute Gasteiger partial charge is 0.423 e. The van der Waals surface area contributed by atoms with Crippen molar-refractivity contribution in [1.82, 2.24) is 10.2 Å². The molecule has 0 radical (unpaired) electrons. The van der Waals surface area contributed by atoms with E-state index in [2.05, 4.69) is 63.2 Å². The number of aryl methyl sites for hydroxylation is 2. The van der Waals surface area contributed by atoms with Gasteiger partial charge in [-0.2, -0.15) is 0 Å². The van der Waals surface area contributed by atoms with E-state index in [1.54, 1.807) is 6.92 Å². The predicted molar refractivity (Wildman–Crippen MR) is 75.0 cm³/mol. The minimum Gasteiger partial charge on any atom is -0.423 e. The minimum atomic E-state index is 0.00899. The Labute approximate surface area is 114 Å². The molecule has 2 rings (SSSR count). The highest BCUT2D eigenvalue weighted by Crippen LogP contribution is 2.21. The van der Waals surface area contributed by atoms with E-state index in [1.807, 2.05) is 6.92 Å². The quantitative estimate of drug-likeness (QED) is 0.868. The fourth-order valence-corrected chi connectivity index (χ4v) is 2.00. The molecule has 0 fully saturated rings. The van der Waals surface area contributed by atoms with Crippen molar-refractivity contribution in [2.45, 2.75) is 26.8 Å². The van der Waals surface area contributed by atoms with Gasteiger partial charge in [-0.05, 0) is 54.1 Å². The average molecular weight is 343 g/mol. The third kappa shape index (κ3) is 2.96. The number of benzene rings is 1. The second kappa shape index (κ2) is 5.03. The van der Waals surface area contributed by atoms with Crippen LogP contribution in [-0.4, -0.2) is 10.2 Å². The normalized spacial score (nSPS) is 12.5. The van der Waals surface area contributed by atoms with E-state index in [0.29, 0.717) is 11.8 Å². The van der Waals surface area contributed by atoms with E-state index >= 15 is 0 Å². The molecule has 2 aromatic rings. The van der Waals surface area contributed by atoms with Crippen molar-refractivity contribution in [3.8, 4) is 0 Å². The number of hydrogen-bond donors (Lipinski definition) is 1. The molecule has 1 N–H and O–H groups in total. The Hall–Kier alpha value is -1.11. The Balaban J connectivity index is 2.12. The van der Waals surface area contributed by atoms with E-state index in [-0.39, 0.29) is 6.04 Å². The maximum absolute atomic E-state index is 5.38. The highest BCUT2D eigenvalue weighted by molar-refractivity contribution is 14.1. The third-order valence-electron chi connectivity index (χ3n) is 2.47. The molecular formula is C12H14IN3O. The van der Waals surface area contributed by atoms with Gasteiger partial charge in [-0.1, -0.05) is 6.07 Å². The molecule has 0 aliphatic carbocycles. The molecule has 0 aliphatic rings. The zero-order valence-corrected chi connectivity index (χ0v) is 12.1. The van der Waals surface area contributed by atoms with E-state index in [9.17, 15) is 0 Å². The van der Waals surface area contributed by atoms with Crippen molar-refractivity contribution in [3.63, 3.8) is 0 Å². The Morgan fingerprint density at radius 1 is 1.29 bits per heavy atom. The molecule has 1 aromatic heterocycles. The van der Waals surface area contributed by atoms with Gasteiger partial charge in [0.15, 0.2) is 0 Å². The number of rotatable bonds is 3. The van der Waals surface area contributed by atoms with Gasteiger partial charge in [0.1, 0.15) is 6.04 Å². The molecule has 0 bridgehead atoms. The van der Waals surface area contributed by atoms with E-state index in [1.165, 1.54) is 9.13 Å². The minimum absolute atomic E-state index is 0.00899. The molecule has 5 heteroatoms. The van der Waals surface area contributed by atoms with Crippen LogP contribution >= 0.6 is 22.6 Å². The smallest absolute Gasteiger partial charge is 0.238 e. The van der Waals surface area contributed by atoms with Crippen molar-refractivity contribution >= 4 is 28.3 Å². The lowest BCUT2D eigenvalue weighted by Crippen LogP contribution is -2.07. The van der Waals surface area contributed by atoms with Gasteiger partial charge in [0.2, 0.25) is 11.8 Å². The summed E-state index contributed by atoms with van der Waals surface area (Å²) >= 11 is 2.32. The van der Waals surface area contributed by atoms with E-state index < -0.39 is 0 Å². The topological polar surface area (TPSA) is 51.0 Å². The summed E-state index contributed by atoms with van der Waals surface area (Å²) in [5.41, 5.74) is 2.33. The van der Waals surface area contributed by atoms with Gasteiger partial charge in [0.25, 0.3) is 0 Å². The first-order chi connectivity index (χ1) is 8.06. The zero-order valence-electron chi connectivity index (χ0n) is 9.99. The zero-order chi connectivity index (χ0) is 12.4. The summed E-state index contributed by atoms with van der Waals surface area (Å²) in [5, 5.41) is 11.2. The van der Waals surface area contributed by atoms with Crippen LogP contribution in [0.4, 0.5) is 5.69 Å². The highest BCUT2D eigenvalue weighted by atomic mass is 127. The summed E-state index contributed by atoms with van der Waals surface area (Å²) in [4.78, 5) is 0. The first-order valence-corrected chi connectivity index (χ1v) is 6.47.